The molecule has 0 fully saturated rings. The molecule has 1 aromatic heterocycles. The van der Waals surface area contributed by atoms with Crippen LogP contribution in [0.3, 0.4) is 0 Å². The molecule has 0 aliphatic rings. The Balaban J connectivity index is 2.39. The lowest BCUT2D eigenvalue weighted by Gasteiger charge is -2.09. The highest BCUT2D eigenvalue weighted by molar-refractivity contribution is 9.11. The smallest absolute Gasteiger partial charge is 0.263 e. The van der Waals surface area contributed by atoms with Gasteiger partial charge in [-0.2, -0.15) is 0 Å². The number of rotatable bonds is 3. The monoisotopic (exact) mass is 361 g/mol. The van der Waals surface area contributed by atoms with E-state index in [0.29, 0.717) is 4.88 Å². The van der Waals surface area contributed by atoms with Crippen LogP contribution in [0.4, 0.5) is 5.69 Å². The number of hydrogen-bond donors (Lipinski definition) is 2. The van der Waals surface area contributed by atoms with Gasteiger partial charge in [-0.25, -0.2) is 8.42 Å². The lowest BCUT2D eigenvalue weighted by Crippen LogP contribution is -2.13. The maximum Gasteiger partial charge on any atom is 0.263 e. The lowest BCUT2D eigenvalue weighted by atomic mass is 10.2. The highest BCUT2D eigenvalue weighted by Gasteiger charge is 2.20. The number of hydrogen-bond acceptors (Lipinski definition) is 4. The van der Waals surface area contributed by atoms with Crippen LogP contribution in [0, 0.1) is 13.8 Å². The first-order valence-electron chi connectivity index (χ1n) is 5.38. The van der Waals surface area contributed by atoms with Crippen LogP contribution in [0.15, 0.2) is 32.9 Å². The topological polar surface area (TPSA) is 66.4 Å². The second-order valence-corrected chi connectivity index (χ2v) is 8.38. The summed E-state index contributed by atoms with van der Waals surface area (Å²) in [5.41, 5.74) is 1.03. The minimum Gasteiger partial charge on any atom is -0.506 e. The summed E-state index contributed by atoms with van der Waals surface area (Å²) in [6.07, 6.45) is 0. The fourth-order valence-corrected chi connectivity index (χ4v) is 5.12. The number of halogens is 1. The number of benzene rings is 1. The van der Waals surface area contributed by atoms with Crippen LogP contribution >= 0.6 is 27.3 Å². The van der Waals surface area contributed by atoms with Crippen molar-refractivity contribution in [2.45, 2.75) is 18.7 Å². The highest BCUT2D eigenvalue weighted by Crippen LogP contribution is 2.32. The number of nitrogens with one attached hydrogen (secondary N) is 1. The van der Waals surface area contributed by atoms with Gasteiger partial charge in [-0.3, -0.25) is 4.72 Å². The van der Waals surface area contributed by atoms with Gasteiger partial charge in [-0.05, 0) is 53.5 Å². The molecule has 2 aromatic rings. The van der Waals surface area contributed by atoms with Crippen LogP contribution in [0.2, 0.25) is 0 Å². The summed E-state index contributed by atoms with van der Waals surface area (Å²) in [6.45, 7) is 3.55. The maximum atomic E-state index is 12.2. The third-order valence-electron chi connectivity index (χ3n) is 2.53. The van der Waals surface area contributed by atoms with Crippen molar-refractivity contribution >= 4 is 43.0 Å². The molecule has 0 saturated carbocycles. The average molecular weight is 362 g/mol. The molecule has 2 N–H and O–H groups in total. The SMILES string of the molecule is Cc1ccc(NS(=O)(=O)c2cc(Br)sc2C)c(O)c1. The Morgan fingerprint density at radius 1 is 1.26 bits per heavy atom. The molecule has 0 aliphatic carbocycles. The van der Waals surface area contributed by atoms with E-state index in [4.69, 9.17) is 0 Å². The fourth-order valence-electron chi connectivity index (χ4n) is 1.63. The predicted molar refractivity (Wildman–Crippen MR) is 80.4 cm³/mol. The first-order valence-corrected chi connectivity index (χ1v) is 8.47. The van der Waals surface area contributed by atoms with Crippen molar-refractivity contribution in [1.82, 2.24) is 0 Å². The Morgan fingerprint density at radius 3 is 2.47 bits per heavy atom. The Bertz CT molecular complexity index is 723. The Labute approximate surface area is 124 Å². The van der Waals surface area contributed by atoms with Crippen LogP contribution in [-0.2, 0) is 10.0 Å². The molecule has 2 rings (SSSR count). The second-order valence-electron chi connectivity index (χ2n) is 4.10. The molecule has 1 aromatic carbocycles. The van der Waals surface area contributed by atoms with Gasteiger partial charge in [0.05, 0.1) is 9.47 Å². The molecule has 0 amide bonds. The first kappa shape index (κ1) is 14.4. The summed E-state index contributed by atoms with van der Waals surface area (Å²) in [6, 6.07) is 6.33. The molecule has 0 aliphatic heterocycles. The van der Waals surface area contributed by atoms with Crippen LogP contribution in [-0.4, -0.2) is 13.5 Å². The molecule has 0 bridgehead atoms. The molecule has 102 valence electrons. The summed E-state index contributed by atoms with van der Waals surface area (Å²) in [5, 5.41) is 9.74. The van der Waals surface area contributed by atoms with E-state index < -0.39 is 10.0 Å². The Kier molecular flexibility index (Phi) is 3.89. The molecule has 0 unspecified atom stereocenters. The average Bonchev–Trinajstić information content (AvgIpc) is 2.63. The van der Waals surface area contributed by atoms with Crippen molar-refractivity contribution in [3.05, 3.63) is 38.5 Å². The molecule has 19 heavy (non-hydrogen) atoms. The molecule has 0 atom stereocenters. The highest BCUT2D eigenvalue weighted by atomic mass is 79.9. The van der Waals surface area contributed by atoms with Crippen molar-refractivity contribution in [2.75, 3.05) is 4.72 Å². The normalized spacial score (nSPS) is 11.5. The summed E-state index contributed by atoms with van der Waals surface area (Å²) in [7, 11) is -3.69. The summed E-state index contributed by atoms with van der Waals surface area (Å²) < 4.78 is 27.6. The molecule has 0 saturated heterocycles. The van der Waals surface area contributed by atoms with Gasteiger partial charge in [0.15, 0.2) is 0 Å². The van der Waals surface area contributed by atoms with Gasteiger partial charge in [-0.1, -0.05) is 6.07 Å². The Morgan fingerprint density at radius 2 is 1.95 bits per heavy atom. The largest absolute Gasteiger partial charge is 0.506 e. The molecule has 7 heteroatoms. The van der Waals surface area contributed by atoms with Gasteiger partial charge in [0.1, 0.15) is 10.6 Å². The van der Waals surface area contributed by atoms with E-state index in [9.17, 15) is 13.5 Å². The van der Waals surface area contributed by atoms with Crippen LogP contribution in [0.25, 0.3) is 0 Å². The number of sulfonamides is 1. The minimum absolute atomic E-state index is 0.0875. The van der Waals surface area contributed by atoms with Crippen molar-refractivity contribution in [3.63, 3.8) is 0 Å². The zero-order valence-electron chi connectivity index (χ0n) is 10.3. The number of aryl methyl sites for hydroxylation is 2. The van der Waals surface area contributed by atoms with E-state index >= 15 is 0 Å². The van der Waals surface area contributed by atoms with Gasteiger partial charge < -0.3 is 5.11 Å². The van der Waals surface area contributed by atoms with E-state index in [-0.39, 0.29) is 16.3 Å². The van der Waals surface area contributed by atoms with E-state index in [1.165, 1.54) is 17.4 Å². The third kappa shape index (κ3) is 3.10. The predicted octanol–water partition coefficient (Wildman–Crippen LogP) is 3.63. The van der Waals surface area contributed by atoms with Crippen molar-refractivity contribution < 1.29 is 13.5 Å². The number of aromatic hydroxyl groups is 1. The molecule has 1 heterocycles. The standard InChI is InChI=1S/C12H12BrNO3S2/c1-7-3-4-9(10(15)5-7)14-19(16,17)11-6-12(13)18-8(11)2/h3-6,14-15H,1-2H3. The van der Waals surface area contributed by atoms with Crippen LogP contribution < -0.4 is 4.72 Å². The maximum absolute atomic E-state index is 12.2. The van der Waals surface area contributed by atoms with Crippen molar-refractivity contribution in [2.24, 2.45) is 0 Å². The van der Waals surface area contributed by atoms with E-state index in [2.05, 4.69) is 20.7 Å². The minimum atomic E-state index is -3.69. The number of thiophene rings is 1. The van der Waals surface area contributed by atoms with Gasteiger partial charge in [0.2, 0.25) is 0 Å². The van der Waals surface area contributed by atoms with Gasteiger partial charge >= 0.3 is 0 Å². The summed E-state index contributed by atoms with van der Waals surface area (Å²) >= 11 is 4.61. The number of anilines is 1. The molecule has 0 radical (unpaired) electrons. The third-order valence-corrected chi connectivity index (χ3v) is 5.70. The van der Waals surface area contributed by atoms with Crippen molar-refractivity contribution in [3.8, 4) is 5.75 Å². The number of phenolic OH excluding ortho intramolecular Hbond substituents is 1. The van der Waals surface area contributed by atoms with Crippen LogP contribution in [0.5, 0.6) is 5.75 Å². The molecule has 4 nitrogen and oxygen atoms in total. The molecule has 0 spiro atoms. The molecular weight excluding hydrogens is 350 g/mol. The summed E-state index contributed by atoms with van der Waals surface area (Å²) in [4.78, 5) is 0.898. The first-order chi connectivity index (χ1) is 8.79. The lowest BCUT2D eigenvalue weighted by molar-refractivity contribution is 0.477. The van der Waals surface area contributed by atoms with Gasteiger partial charge in [0, 0.05) is 4.88 Å². The summed E-state index contributed by atoms with van der Waals surface area (Å²) in [5.74, 6) is -0.0875. The number of phenols is 1. The fraction of sp³-hybridized carbons (Fsp3) is 0.167. The second kappa shape index (κ2) is 5.15. The Hall–Kier alpha value is -1.05. The van der Waals surface area contributed by atoms with Crippen LogP contribution in [0.1, 0.15) is 10.4 Å². The zero-order valence-corrected chi connectivity index (χ0v) is 13.5. The zero-order chi connectivity index (χ0) is 14.2. The van der Waals surface area contributed by atoms with Gasteiger partial charge in [-0.15, -0.1) is 11.3 Å². The van der Waals surface area contributed by atoms with E-state index in [1.54, 1.807) is 25.1 Å². The van der Waals surface area contributed by atoms with E-state index in [1.807, 2.05) is 6.92 Å². The van der Waals surface area contributed by atoms with E-state index in [0.717, 1.165) is 9.35 Å². The van der Waals surface area contributed by atoms with Crippen molar-refractivity contribution in [1.29, 1.82) is 0 Å². The van der Waals surface area contributed by atoms with Gasteiger partial charge in [0.25, 0.3) is 10.0 Å². The molecular formula is C12H12BrNO3S2. The quantitative estimate of drug-likeness (QED) is 0.820.